The Hall–Kier alpha value is -3.92. The summed E-state index contributed by atoms with van der Waals surface area (Å²) in [7, 11) is -0.836. The highest BCUT2D eigenvalue weighted by molar-refractivity contribution is 7.92. The number of fused-ring (bicyclic) bond motifs is 1. The number of ether oxygens (including phenoxy) is 4. The molecule has 0 saturated heterocycles. The number of sulfonamides is 1. The second kappa shape index (κ2) is 9.92. The Balaban J connectivity index is 1.46. The van der Waals surface area contributed by atoms with Crippen LogP contribution in [0.15, 0.2) is 65.6 Å². The monoisotopic (exact) mass is 484 g/mol. The van der Waals surface area contributed by atoms with Crippen molar-refractivity contribution in [3.8, 4) is 23.0 Å². The standard InChI is InChI=1S/C24H24N2O7S/c1-30-18-8-10-20(22(14-18)31-2)25-24(27)16-4-6-17(7-5-16)26-34(28,29)19-9-11-21-23(15-19)33-13-3-12-32-21/h4-11,14-15,26H,3,12-13H2,1-2H3,(H,25,27). The Morgan fingerprint density at radius 1 is 0.882 bits per heavy atom. The van der Waals surface area contributed by atoms with E-state index in [1.54, 1.807) is 24.3 Å². The van der Waals surface area contributed by atoms with Gasteiger partial charge in [0.1, 0.15) is 11.5 Å². The van der Waals surface area contributed by atoms with E-state index in [9.17, 15) is 13.2 Å². The molecule has 9 nitrogen and oxygen atoms in total. The van der Waals surface area contributed by atoms with E-state index in [1.807, 2.05) is 0 Å². The third kappa shape index (κ3) is 5.18. The lowest BCUT2D eigenvalue weighted by molar-refractivity contribution is 0.102. The van der Waals surface area contributed by atoms with Gasteiger partial charge in [0.2, 0.25) is 0 Å². The normalized spacial score (nSPS) is 12.9. The SMILES string of the molecule is COc1ccc(NC(=O)c2ccc(NS(=O)(=O)c3ccc4c(c3)OCCCO4)cc2)c(OC)c1. The van der Waals surface area contributed by atoms with Gasteiger partial charge in [-0.1, -0.05) is 0 Å². The van der Waals surface area contributed by atoms with Crippen molar-refractivity contribution < 1.29 is 32.2 Å². The number of carbonyl (C=O) groups is 1. The van der Waals surface area contributed by atoms with Gasteiger partial charge in [-0.25, -0.2) is 8.42 Å². The summed E-state index contributed by atoms with van der Waals surface area (Å²) < 4.78 is 49.8. The van der Waals surface area contributed by atoms with Crippen molar-refractivity contribution in [1.29, 1.82) is 0 Å². The van der Waals surface area contributed by atoms with Crippen LogP contribution in [0.4, 0.5) is 11.4 Å². The average molecular weight is 485 g/mol. The predicted molar refractivity (Wildman–Crippen MR) is 127 cm³/mol. The van der Waals surface area contributed by atoms with Gasteiger partial charge in [0.05, 0.1) is 38.0 Å². The zero-order valence-corrected chi connectivity index (χ0v) is 19.5. The van der Waals surface area contributed by atoms with Crippen LogP contribution >= 0.6 is 0 Å². The minimum atomic E-state index is -3.87. The molecule has 3 aromatic rings. The number of nitrogens with one attached hydrogen (secondary N) is 2. The molecule has 1 amide bonds. The summed E-state index contributed by atoms with van der Waals surface area (Å²) in [4.78, 5) is 12.7. The third-order valence-electron chi connectivity index (χ3n) is 5.09. The summed E-state index contributed by atoms with van der Waals surface area (Å²) in [5, 5.41) is 2.77. The Morgan fingerprint density at radius 3 is 2.32 bits per heavy atom. The van der Waals surface area contributed by atoms with Gasteiger partial charge in [0.15, 0.2) is 11.5 Å². The van der Waals surface area contributed by atoms with Crippen LogP contribution in [0, 0.1) is 0 Å². The van der Waals surface area contributed by atoms with Crippen molar-refractivity contribution in [2.75, 3.05) is 37.5 Å². The molecule has 4 rings (SSSR count). The summed E-state index contributed by atoms with van der Waals surface area (Å²) in [6, 6.07) is 15.6. The second-order valence-electron chi connectivity index (χ2n) is 7.36. The van der Waals surface area contributed by atoms with E-state index in [0.29, 0.717) is 53.2 Å². The first-order valence-electron chi connectivity index (χ1n) is 10.5. The van der Waals surface area contributed by atoms with Crippen LogP contribution in [-0.4, -0.2) is 41.8 Å². The van der Waals surface area contributed by atoms with Gasteiger partial charge in [0, 0.05) is 29.8 Å². The van der Waals surface area contributed by atoms with Gasteiger partial charge >= 0.3 is 0 Å². The van der Waals surface area contributed by atoms with Crippen molar-refractivity contribution >= 4 is 27.3 Å². The van der Waals surface area contributed by atoms with E-state index in [2.05, 4.69) is 10.0 Å². The minimum Gasteiger partial charge on any atom is -0.497 e. The molecule has 3 aromatic carbocycles. The van der Waals surface area contributed by atoms with E-state index in [1.165, 1.54) is 50.6 Å². The van der Waals surface area contributed by atoms with Crippen LogP contribution in [0.3, 0.4) is 0 Å². The molecule has 1 heterocycles. The van der Waals surface area contributed by atoms with Gasteiger partial charge in [-0.3, -0.25) is 9.52 Å². The van der Waals surface area contributed by atoms with Crippen molar-refractivity contribution in [3.63, 3.8) is 0 Å². The first-order valence-corrected chi connectivity index (χ1v) is 11.9. The van der Waals surface area contributed by atoms with E-state index in [-0.39, 0.29) is 10.8 Å². The van der Waals surface area contributed by atoms with Gasteiger partial charge in [0.25, 0.3) is 15.9 Å². The summed E-state index contributed by atoms with van der Waals surface area (Å²) >= 11 is 0. The zero-order chi connectivity index (χ0) is 24.1. The Kier molecular flexibility index (Phi) is 6.78. The lowest BCUT2D eigenvalue weighted by atomic mass is 10.2. The van der Waals surface area contributed by atoms with Crippen molar-refractivity contribution in [2.24, 2.45) is 0 Å². The molecule has 0 radical (unpaired) electrons. The van der Waals surface area contributed by atoms with Crippen LogP contribution in [0.1, 0.15) is 16.8 Å². The number of amides is 1. The highest BCUT2D eigenvalue weighted by Crippen LogP contribution is 2.33. The maximum absolute atomic E-state index is 12.8. The molecule has 10 heteroatoms. The third-order valence-corrected chi connectivity index (χ3v) is 6.46. The van der Waals surface area contributed by atoms with Crippen LogP contribution in [0.2, 0.25) is 0 Å². The van der Waals surface area contributed by atoms with Gasteiger partial charge < -0.3 is 24.3 Å². The van der Waals surface area contributed by atoms with E-state index < -0.39 is 10.0 Å². The van der Waals surface area contributed by atoms with E-state index in [4.69, 9.17) is 18.9 Å². The van der Waals surface area contributed by atoms with Crippen molar-refractivity contribution in [2.45, 2.75) is 11.3 Å². The molecule has 2 N–H and O–H groups in total. The van der Waals surface area contributed by atoms with Crippen molar-refractivity contribution in [3.05, 3.63) is 66.2 Å². The predicted octanol–water partition coefficient (Wildman–Crippen LogP) is 3.92. The molecule has 178 valence electrons. The molecular formula is C24H24N2O7S. The number of rotatable bonds is 7. The summed E-state index contributed by atoms with van der Waals surface area (Å²) in [6.45, 7) is 0.971. The molecule has 0 saturated carbocycles. The van der Waals surface area contributed by atoms with E-state index >= 15 is 0 Å². The first-order chi connectivity index (χ1) is 16.4. The van der Waals surface area contributed by atoms with Crippen LogP contribution < -0.4 is 29.0 Å². The fraction of sp³-hybridized carbons (Fsp3) is 0.208. The molecular weight excluding hydrogens is 460 g/mol. The maximum Gasteiger partial charge on any atom is 0.262 e. The average Bonchev–Trinajstić information content (AvgIpc) is 3.09. The number of benzene rings is 3. The van der Waals surface area contributed by atoms with Gasteiger partial charge in [-0.15, -0.1) is 0 Å². The maximum atomic E-state index is 12.8. The molecule has 34 heavy (non-hydrogen) atoms. The summed E-state index contributed by atoms with van der Waals surface area (Å²) in [5.41, 5.74) is 1.13. The number of carbonyl (C=O) groups excluding carboxylic acids is 1. The second-order valence-corrected chi connectivity index (χ2v) is 9.04. The number of anilines is 2. The zero-order valence-electron chi connectivity index (χ0n) is 18.7. The van der Waals surface area contributed by atoms with Crippen molar-refractivity contribution in [1.82, 2.24) is 0 Å². The molecule has 1 aliphatic heterocycles. The molecule has 0 aliphatic carbocycles. The highest BCUT2D eigenvalue weighted by atomic mass is 32.2. The molecule has 0 atom stereocenters. The Labute approximate surface area is 197 Å². The molecule has 0 aromatic heterocycles. The van der Waals surface area contributed by atoms with Gasteiger partial charge in [-0.2, -0.15) is 0 Å². The molecule has 1 aliphatic rings. The largest absolute Gasteiger partial charge is 0.497 e. The topological polar surface area (TPSA) is 112 Å². The van der Waals surface area contributed by atoms with Crippen LogP contribution in [0.5, 0.6) is 23.0 Å². The minimum absolute atomic E-state index is 0.0465. The summed E-state index contributed by atoms with van der Waals surface area (Å²) in [5.74, 6) is 1.58. The molecule has 0 unspecified atom stereocenters. The van der Waals surface area contributed by atoms with Crippen LogP contribution in [-0.2, 0) is 10.0 Å². The number of hydrogen-bond acceptors (Lipinski definition) is 7. The lowest BCUT2D eigenvalue weighted by Crippen LogP contribution is -2.14. The number of hydrogen-bond donors (Lipinski definition) is 2. The quantitative estimate of drug-likeness (QED) is 0.523. The molecule has 0 spiro atoms. The highest BCUT2D eigenvalue weighted by Gasteiger charge is 2.19. The first kappa shape index (κ1) is 23.2. The van der Waals surface area contributed by atoms with E-state index in [0.717, 1.165) is 6.42 Å². The molecule has 0 bridgehead atoms. The fourth-order valence-electron chi connectivity index (χ4n) is 3.31. The fourth-order valence-corrected chi connectivity index (χ4v) is 4.38. The summed E-state index contributed by atoms with van der Waals surface area (Å²) in [6.07, 6.45) is 0.722. The molecule has 0 fully saturated rings. The smallest absolute Gasteiger partial charge is 0.262 e. The number of methoxy groups -OCH3 is 2. The lowest BCUT2D eigenvalue weighted by Gasteiger charge is -2.13. The Bertz CT molecular complexity index is 1290. The van der Waals surface area contributed by atoms with Crippen LogP contribution in [0.25, 0.3) is 0 Å². The Morgan fingerprint density at radius 2 is 1.62 bits per heavy atom. The van der Waals surface area contributed by atoms with Gasteiger partial charge in [-0.05, 0) is 48.5 Å².